The molecule has 0 aromatic heterocycles. The third kappa shape index (κ3) is 5.04. The predicted molar refractivity (Wildman–Crippen MR) is 98.7 cm³/mol. The number of carbonyl (C=O) groups is 2. The Morgan fingerprint density at radius 2 is 1.76 bits per heavy atom. The molecule has 2 amide bonds. The molecule has 0 saturated heterocycles. The van der Waals surface area contributed by atoms with E-state index in [1.165, 1.54) is 6.21 Å². The van der Waals surface area contributed by atoms with E-state index in [4.69, 9.17) is 4.74 Å². The van der Waals surface area contributed by atoms with Crippen molar-refractivity contribution in [2.24, 2.45) is 5.10 Å². The molecule has 6 heteroatoms. The van der Waals surface area contributed by atoms with E-state index in [1.807, 2.05) is 50.2 Å². The molecule has 0 bridgehead atoms. The van der Waals surface area contributed by atoms with Crippen LogP contribution in [0.4, 0.5) is 0 Å². The molecular weight excluding hydrogens is 318 g/mol. The lowest BCUT2D eigenvalue weighted by Gasteiger charge is -2.14. The maximum Gasteiger partial charge on any atom is 0.329 e. The fourth-order valence-corrected chi connectivity index (χ4v) is 2.30. The van der Waals surface area contributed by atoms with Crippen LogP contribution in [0.25, 0.3) is 10.8 Å². The molecule has 0 spiro atoms. The first kappa shape index (κ1) is 18.4. The minimum absolute atomic E-state index is 0.000257. The summed E-state index contributed by atoms with van der Waals surface area (Å²) in [4.78, 5) is 23.3. The summed E-state index contributed by atoms with van der Waals surface area (Å²) in [6.07, 6.45) is 1.50. The second kappa shape index (κ2) is 8.28. The van der Waals surface area contributed by atoms with Crippen molar-refractivity contribution < 1.29 is 14.3 Å². The molecule has 2 aromatic rings. The quantitative estimate of drug-likeness (QED) is 0.498. The van der Waals surface area contributed by atoms with Gasteiger partial charge in [-0.15, -0.1) is 0 Å². The van der Waals surface area contributed by atoms with Gasteiger partial charge in [-0.05, 0) is 44.5 Å². The lowest BCUT2D eigenvalue weighted by Crippen LogP contribution is -2.41. The van der Waals surface area contributed by atoms with Crippen LogP contribution in [0, 0.1) is 0 Å². The van der Waals surface area contributed by atoms with E-state index < -0.39 is 11.8 Å². The van der Waals surface area contributed by atoms with Gasteiger partial charge in [-0.2, -0.15) is 5.10 Å². The zero-order chi connectivity index (χ0) is 18.4. The van der Waals surface area contributed by atoms with Gasteiger partial charge in [0.2, 0.25) is 0 Å². The highest BCUT2D eigenvalue weighted by Crippen LogP contribution is 2.27. The first-order valence-electron chi connectivity index (χ1n) is 8.20. The number of ether oxygens (including phenoxy) is 1. The number of rotatable bonds is 5. The maximum absolute atomic E-state index is 11.7. The van der Waals surface area contributed by atoms with Crippen LogP contribution in [0.1, 0.15) is 33.3 Å². The van der Waals surface area contributed by atoms with Gasteiger partial charge in [0.25, 0.3) is 0 Å². The van der Waals surface area contributed by atoms with Crippen molar-refractivity contribution in [3.05, 3.63) is 42.0 Å². The van der Waals surface area contributed by atoms with Crippen molar-refractivity contribution in [1.29, 1.82) is 0 Å². The van der Waals surface area contributed by atoms with E-state index >= 15 is 0 Å². The Morgan fingerprint density at radius 3 is 2.44 bits per heavy atom. The summed E-state index contributed by atoms with van der Waals surface area (Å²) in [7, 11) is 0. The lowest BCUT2D eigenvalue weighted by atomic mass is 10.0. The molecule has 0 atom stereocenters. The monoisotopic (exact) mass is 341 g/mol. The van der Waals surface area contributed by atoms with Gasteiger partial charge < -0.3 is 10.1 Å². The van der Waals surface area contributed by atoms with Gasteiger partial charge in [0.05, 0.1) is 12.3 Å². The van der Waals surface area contributed by atoms with E-state index in [-0.39, 0.29) is 12.1 Å². The molecule has 0 unspecified atom stereocenters. The number of nitrogens with zero attached hydrogens (tertiary/aromatic N) is 1. The molecule has 2 rings (SSSR count). The molecule has 2 N–H and O–H groups in total. The number of hydrogen-bond donors (Lipinski definition) is 2. The highest BCUT2D eigenvalue weighted by atomic mass is 16.5. The maximum atomic E-state index is 11.7. The number of benzene rings is 2. The average Bonchev–Trinajstić information content (AvgIpc) is 2.55. The summed E-state index contributed by atoms with van der Waals surface area (Å²) in [5.41, 5.74) is 2.99. The summed E-state index contributed by atoms with van der Waals surface area (Å²) in [6, 6.07) is 11.5. The highest BCUT2D eigenvalue weighted by Gasteiger charge is 2.13. The second-order valence-electron chi connectivity index (χ2n) is 6.19. The van der Waals surface area contributed by atoms with Crippen LogP contribution in [0.3, 0.4) is 0 Å². The Labute approximate surface area is 147 Å². The molecule has 0 aliphatic heterocycles. The number of hydrazone groups is 1. The van der Waals surface area contributed by atoms with E-state index in [9.17, 15) is 9.59 Å². The first-order chi connectivity index (χ1) is 11.9. The summed E-state index contributed by atoms with van der Waals surface area (Å²) in [6.45, 7) is 7.43. The Bertz CT molecular complexity index is 798. The summed E-state index contributed by atoms with van der Waals surface area (Å²) in [5.74, 6) is -0.862. The van der Waals surface area contributed by atoms with Gasteiger partial charge >= 0.3 is 11.8 Å². The fraction of sp³-hybridized carbons (Fsp3) is 0.316. The molecule has 6 nitrogen and oxygen atoms in total. The predicted octanol–water partition coefficient (Wildman–Crippen LogP) is 2.60. The molecule has 2 aromatic carbocycles. The van der Waals surface area contributed by atoms with Gasteiger partial charge in [-0.3, -0.25) is 9.59 Å². The molecular formula is C19H23N3O3. The summed E-state index contributed by atoms with van der Waals surface area (Å²) >= 11 is 0. The number of hydrogen-bond acceptors (Lipinski definition) is 4. The molecule has 25 heavy (non-hydrogen) atoms. The van der Waals surface area contributed by atoms with Crippen LogP contribution < -0.4 is 15.5 Å². The van der Waals surface area contributed by atoms with Crippen molar-refractivity contribution in [3.63, 3.8) is 0 Å². The molecule has 0 saturated carbocycles. The van der Waals surface area contributed by atoms with E-state index in [0.29, 0.717) is 5.75 Å². The minimum Gasteiger partial charge on any atom is -0.490 e. The van der Waals surface area contributed by atoms with Crippen LogP contribution in [0.2, 0.25) is 0 Å². The summed E-state index contributed by atoms with van der Waals surface area (Å²) < 4.78 is 5.83. The van der Waals surface area contributed by atoms with Crippen molar-refractivity contribution in [2.45, 2.75) is 39.8 Å². The Hall–Kier alpha value is -2.89. The van der Waals surface area contributed by atoms with Crippen molar-refractivity contribution >= 4 is 28.8 Å². The summed E-state index contributed by atoms with van der Waals surface area (Å²) in [5, 5.41) is 8.41. The Kier molecular flexibility index (Phi) is 6.11. The van der Waals surface area contributed by atoms with Crippen LogP contribution in [0.15, 0.2) is 41.5 Å². The first-order valence-corrected chi connectivity index (χ1v) is 8.20. The van der Waals surface area contributed by atoms with Gasteiger partial charge in [-0.25, -0.2) is 5.43 Å². The van der Waals surface area contributed by atoms with Gasteiger partial charge in [-0.1, -0.05) is 30.3 Å². The van der Waals surface area contributed by atoms with Crippen molar-refractivity contribution in [3.8, 4) is 5.75 Å². The van der Waals surface area contributed by atoms with E-state index in [2.05, 4.69) is 15.8 Å². The lowest BCUT2D eigenvalue weighted by molar-refractivity contribution is -0.139. The largest absolute Gasteiger partial charge is 0.490 e. The zero-order valence-corrected chi connectivity index (χ0v) is 14.9. The molecule has 0 heterocycles. The third-order valence-electron chi connectivity index (χ3n) is 3.28. The molecule has 0 radical (unpaired) electrons. The average molecular weight is 341 g/mol. The smallest absolute Gasteiger partial charge is 0.329 e. The normalized spacial score (nSPS) is 11.3. The van der Waals surface area contributed by atoms with E-state index in [0.717, 1.165) is 16.3 Å². The third-order valence-corrected chi connectivity index (χ3v) is 3.28. The van der Waals surface area contributed by atoms with Gasteiger partial charge in [0.1, 0.15) is 5.75 Å². The van der Waals surface area contributed by atoms with Crippen molar-refractivity contribution in [2.75, 3.05) is 0 Å². The number of amides is 2. The molecule has 0 fully saturated rings. The topological polar surface area (TPSA) is 79.8 Å². The van der Waals surface area contributed by atoms with Crippen LogP contribution >= 0.6 is 0 Å². The number of fused-ring (bicyclic) bond motifs is 1. The molecule has 0 aliphatic carbocycles. The highest BCUT2D eigenvalue weighted by molar-refractivity contribution is 6.35. The van der Waals surface area contributed by atoms with E-state index in [1.54, 1.807) is 13.8 Å². The van der Waals surface area contributed by atoms with Crippen LogP contribution in [-0.4, -0.2) is 30.2 Å². The number of carbonyl (C=O) groups excluding carboxylic acids is 2. The van der Waals surface area contributed by atoms with Gasteiger partial charge in [0.15, 0.2) is 0 Å². The SMILES string of the molecule is CC(C)NC(=O)C(=O)N/N=C\c1c(OC(C)C)ccc2ccccc12. The Balaban J connectivity index is 2.26. The fourth-order valence-electron chi connectivity index (χ4n) is 2.30. The van der Waals surface area contributed by atoms with Gasteiger partial charge in [0, 0.05) is 11.6 Å². The second-order valence-corrected chi connectivity index (χ2v) is 6.19. The zero-order valence-electron chi connectivity index (χ0n) is 14.9. The molecule has 0 aliphatic rings. The minimum atomic E-state index is -0.809. The standard InChI is InChI=1S/C19H23N3O3/c1-12(2)21-18(23)19(24)22-20-11-16-15-8-6-5-7-14(15)9-10-17(16)25-13(3)4/h5-13H,1-4H3,(H,21,23)(H,22,24)/b20-11-. The number of nitrogens with one attached hydrogen (secondary N) is 2. The van der Waals surface area contributed by atoms with Crippen LogP contribution in [-0.2, 0) is 9.59 Å². The van der Waals surface area contributed by atoms with Crippen molar-refractivity contribution in [1.82, 2.24) is 10.7 Å². The van der Waals surface area contributed by atoms with Crippen LogP contribution in [0.5, 0.6) is 5.75 Å². The molecule has 132 valence electrons. The Morgan fingerprint density at radius 1 is 1.04 bits per heavy atom.